The maximum absolute atomic E-state index is 12.6. The van der Waals surface area contributed by atoms with Gasteiger partial charge in [-0.05, 0) is 44.7 Å². The Morgan fingerprint density at radius 3 is 2.40 bits per heavy atom. The van der Waals surface area contributed by atoms with Crippen LogP contribution in [0.15, 0.2) is 0 Å². The van der Waals surface area contributed by atoms with Crippen LogP contribution in [0.4, 0.5) is 13.2 Å². The van der Waals surface area contributed by atoms with Crippen LogP contribution in [0.1, 0.15) is 45.4 Å². The molecule has 0 bridgehead atoms. The van der Waals surface area contributed by atoms with E-state index in [4.69, 9.17) is 0 Å². The largest absolute Gasteiger partial charge is 0.391 e. The first-order valence-electron chi connectivity index (χ1n) is 7.97. The summed E-state index contributed by atoms with van der Waals surface area (Å²) in [6, 6.07) is 0.617. The van der Waals surface area contributed by atoms with Crippen molar-refractivity contribution in [3.8, 4) is 0 Å². The van der Waals surface area contributed by atoms with Gasteiger partial charge in [0.25, 0.3) is 0 Å². The Bertz CT molecular complexity index is 285. The van der Waals surface area contributed by atoms with Gasteiger partial charge in [0.15, 0.2) is 0 Å². The minimum atomic E-state index is -4.00. The van der Waals surface area contributed by atoms with Crippen molar-refractivity contribution in [3.63, 3.8) is 0 Å². The van der Waals surface area contributed by atoms with Crippen molar-refractivity contribution in [3.05, 3.63) is 0 Å². The van der Waals surface area contributed by atoms with E-state index in [-0.39, 0.29) is 12.8 Å². The molecule has 2 fully saturated rings. The van der Waals surface area contributed by atoms with E-state index in [2.05, 4.69) is 17.1 Å². The first-order chi connectivity index (χ1) is 9.45. The maximum Gasteiger partial charge on any atom is 0.391 e. The summed E-state index contributed by atoms with van der Waals surface area (Å²) in [6.45, 7) is 5.28. The van der Waals surface area contributed by atoms with Crippen molar-refractivity contribution in [2.75, 3.05) is 26.2 Å². The molecule has 1 aliphatic heterocycles. The number of nitrogens with one attached hydrogen (secondary N) is 1. The summed E-state index contributed by atoms with van der Waals surface area (Å²) in [6.07, 6.45) is 1.67. The van der Waals surface area contributed by atoms with Gasteiger partial charge in [-0.1, -0.05) is 19.8 Å². The minimum Gasteiger partial charge on any atom is -0.313 e. The van der Waals surface area contributed by atoms with Gasteiger partial charge in [0.05, 0.1) is 5.92 Å². The molecule has 2 aliphatic rings. The highest BCUT2D eigenvalue weighted by Crippen LogP contribution is 2.33. The Labute approximate surface area is 120 Å². The summed E-state index contributed by atoms with van der Waals surface area (Å²) in [4.78, 5) is 2.17. The molecule has 0 aromatic carbocycles. The number of alkyl halides is 3. The summed E-state index contributed by atoms with van der Waals surface area (Å²) in [7, 11) is 0. The third-order valence-corrected chi connectivity index (χ3v) is 4.85. The maximum atomic E-state index is 12.6. The van der Waals surface area contributed by atoms with Crippen LogP contribution in [0.5, 0.6) is 0 Å². The molecule has 5 heteroatoms. The molecular formula is C15H27F3N2. The van der Waals surface area contributed by atoms with Gasteiger partial charge in [-0.15, -0.1) is 0 Å². The van der Waals surface area contributed by atoms with Crippen molar-refractivity contribution in [2.24, 2.45) is 11.8 Å². The van der Waals surface area contributed by atoms with Crippen molar-refractivity contribution >= 4 is 0 Å². The van der Waals surface area contributed by atoms with Gasteiger partial charge in [-0.25, -0.2) is 0 Å². The number of nitrogens with zero attached hydrogens (tertiary/aromatic N) is 1. The second-order valence-electron chi connectivity index (χ2n) is 6.58. The Morgan fingerprint density at radius 2 is 1.80 bits per heavy atom. The number of likely N-dealkylation sites (tertiary alicyclic amines) is 1. The molecule has 1 aliphatic carbocycles. The second kappa shape index (κ2) is 7.12. The highest BCUT2D eigenvalue weighted by Gasteiger charge is 2.40. The normalized spacial score (nSPS) is 30.6. The molecular weight excluding hydrogens is 265 g/mol. The van der Waals surface area contributed by atoms with Crippen molar-refractivity contribution in [1.82, 2.24) is 10.2 Å². The zero-order chi connectivity index (χ0) is 14.6. The predicted octanol–water partition coefficient (Wildman–Crippen LogP) is 3.43. The minimum absolute atomic E-state index is 0.268. The van der Waals surface area contributed by atoms with Gasteiger partial charge in [-0.3, -0.25) is 0 Å². The predicted molar refractivity (Wildman–Crippen MR) is 74.6 cm³/mol. The van der Waals surface area contributed by atoms with Gasteiger partial charge >= 0.3 is 6.18 Å². The average Bonchev–Trinajstić information content (AvgIpc) is 2.38. The SMILES string of the molecule is CC1CCCC(NCCN2CCC(C(F)(F)F)CC2)C1. The molecule has 0 amide bonds. The summed E-state index contributed by atoms with van der Waals surface area (Å²) in [5, 5.41) is 3.58. The van der Waals surface area contributed by atoms with E-state index >= 15 is 0 Å². The van der Waals surface area contributed by atoms with E-state index in [1.807, 2.05) is 0 Å². The Morgan fingerprint density at radius 1 is 1.10 bits per heavy atom. The summed E-state index contributed by atoms with van der Waals surface area (Å²) in [5.74, 6) is -0.269. The zero-order valence-corrected chi connectivity index (χ0v) is 12.4. The Hall–Kier alpha value is -0.290. The van der Waals surface area contributed by atoms with E-state index in [0.29, 0.717) is 19.1 Å². The fourth-order valence-corrected chi connectivity index (χ4v) is 3.53. The molecule has 1 saturated heterocycles. The van der Waals surface area contributed by atoms with Crippen LogP contribution in [0.25, 0.3) is 0 Å². The molecule has 118 valence electrons. The molecule has 1 heterocycles. The first-order valence-corrected chi connectivity index (χ1v) is 7.97. The van der Waals surface area contributed by atoms with E-state index in [0.717, 1.165) is 19.0 Å². The number of hydrogen-bond donors (Lipinski definition) is 1. The number of hydrogen-bond acceptors (Lipinski definition) is 2. The number of rotatable bonds is 4. The third-order valence-electron chi connectivity index (χ3n) is 4.85. The molecule has 0 radical (unpaired) electrons. The fraction of sp³-hybridized carbons (Fsp3) is 1.00. The quantitative estimate of drug-likeness (QED) is 0.854. The summed E-state index contributed by atoms with van der Waals surface area (Å²) >= 11 is 0. The highest BCUT2D eigenvalue weighted by atomic mass is 19.4. The standard InChI is InChI=1S/C15H27F3N2/c1-12-3-2-4-14(11-12)19-7-10-20-8-5-13(6-9-20)15(16,17)18/h12-14,19H,2-11H2,1H3. The van der Waals surface area contributed by atoms with Crippen LogP contribution in [-0.2, 0) is 0 Å². The fourth-order valence-electron chi connectivity index (χ4n) is 3.53. The van der Waals surface area contributed by atoms with Crippen molar-refractivity contribution in [2.45, 2.75) is 57.7 Å². The lowest BCUT2D eigenvalue weighted by atomic mass is 9.87. The van der Waals surface area contributed by atoms with Crippen LogP contribution < -0.4 is 5.32 Å². The molecule has 0 spiro atoms. The topological polar surface area (TPSA) is 15.3 Å². The summed E-state index contributed by atoms with van der Waals surface area (Å²) < 4.78 is 37.7. The first kappa shape index (κ1) is 16.1. The molecule has 2 nitrogen and oxygen atoms in total. The van der Waals surface area contributed by atoms with Gasteiger partial charge in [0, 0.05) is 19.1 Å². The van der Waals surface area contributed by atoms with Crippen molar-refractivity contribution in [1.29, 1.82) is 0 Å². The van der Waals surface area contributed by atoms with E-state index in [1.54, 1.807) is 0 Å². The van der Waals surface area contributed by atoms with Gasteiger partial charge < -0.3 is 10.2 Å². The molecule has 2 atom stereocenters. The third kappa shape index (κ3) is 4.92. The number of piperidine rings is 1. The molecule has 1 N–H and O–H groups in total. The van der Waals surface area contributed by atoms with Crippen LogP contribution in [0.2, 0.25) is 0 Å². The van der Waals surface area contributed by atoms with Gasteiger partial charge in [0.2, 0.25) is 0 Å². The van der Waals surface area contributed by atoms with E-state index in [9.17, 15) is 13.2 Å². The lowest BCUT2D eigenvalue weighted by Crippen LogP contribution is -2.43. The Kier molecular flexibility index (Phi) is 5.73. The van der Waals surface area contributed by atoms with Crippen LogP contribution >= 0.6 is 0 Å². The van der Waals surface area contributed by atoms with Crippen LogP contribution in [0.3, 0.4) is 0 Å². The monoisotopic (exact) mass is 292 g/mol. The highest BCUT2D eigenvalue weighted by molar-refractivity contribution is 4.79. The smallest absolute Gasteiger partial charge is 0.313 e. The molecule has 20 heavy (non-hydrogen) atoms. The average molecular weight is 292 g/mol. The van der Waals surface area contributed by atoms with Gasteiger partial charge in [-0.2, -0.15) is 13.2 Å². The van der Waals surface area contributed by atoms with Gasteiger partial charge in [0.1, 0.15) is 0 Å². The van der Waals surface area contributed by atoms with E-state index < -0.39 is 12.1 Å². The van der Waals surface area contributed by atoms with Crippen LogP contribution in [0, 0.1) is 11.8 Å². The Balaban J connectivity index is 1.59. The lowest BCUT2D eigenvalue weighted by molar-refractivity contribution is -0.184. The molecule has 0 aromatic heterocycles. The molecule has 2 rings (SSSR count). The molecule has 0 aromatic rings. The number of halogens is 3. The molecule has 2 unspecified atom stereocenters. The zero-order valence-electron chi connectivity index (χ0n) is 12.4. The summed E-state index contributed by atoms with van der Waals surface area (Å²) in [5.41, 5.74) is 0. The molecule has 1 saturated carbocycles. The second-order valence-corrected chi connectivity index (χ2v) is 6.58. The lowest BCUT2D eigenvalue weighted by Gasteiger charge is -2.34. The van der Waals surface area contributed by atoms with E-state index in [1.165, 1.54) is 25.7 Å². The van der Waals surface area contributed by atoms with Crippen molar-refractivity contribution < 1.29 is 13.2 Å². The van der Waals surface area contributed by atoms with Crippen LogP contribution in [-0.4, -0.2) is 43.3 Å².